The number of aliphatic hydroxyl groups is 1. The molecule has 1 amide bonds. The third kappa shape index (κ3) is 2.26. The number of β-amino-alcohol motifs (C(OH)–C–C–N with tert-alkyl or cyclic N) is 1. The van der Waals surface area contributed by atoms with Gasteiger partial charge in [-0.1, -0.05) is 0 Å². The van der Waals surface area contributed by atoms with Crippen LogP contribution in [-0.4, -0.2) is 53.4 Å². The second-order valence-corrected chi connectivity index (χ2v) is 4.69. The van der Waals surface area contributed by atoms with Gasteiger partial charge in [0.05, 0.1) is 12.6 Å². The lowest BCUT2D eigenvalue weighted by Gasteiger charge is -2.26. The summed E-state index contributed by atoms with van der Waals surface area (Å²) in [6, 6.07) is -0.384. The number of nitrogens with one attached hydrogen (secondary N) is 1. The lowest BCUT2D eigenvalue weighted by atomic mass is 10.0. The number of rotatable bonds is 1. The zero-order chi connectivity index (χ0) is 12.7. The summed E-state index contributed by atoms with van der Waals surface area (Å²) >= 11 is 0. The minimum absolute atomic E-state index is 0.0347. The molecule has 2 aliphatic heterocycles. The predicted octanol–water partition coefficient (Wildman–Crippen LogP) is 0.264. The van der Waals surface area contributed by atoms with Crippen LogP contribution in [0.1, 0.15) is 19.3 Å². The molecule has 98 valence electrons. The summed E-state index contributed by atoms with van der Waals surface area (Å²) in [5, 5.41) is 12.4. The standard InChI is InChI=1S/C10H15F3N2O2/c11-10(12,13)9(17)3-5-15(6-9)8(16)7-2-1-4-14-7/h7,14,17H,1-6H2/t7-,9-/m0/s1. The number of halogens is 3. The van der Waals surface area contributed by atoms with Gasteiger partial charge in [-0.2, -0.15) is 13.2 Å². The highest BCUT2D eigenvalue weighted by molar-refractivity contribution is 5.82. The van der Waals surface area contributed by atoms with Gasteiger partial charge in [-0.15, -0.1) is 0 Å². The molecule has 17 heavy (non-hydrogen) atoms. The largest absolute Gasteiger partial charge is 0.419 e. The zero-order valence-corrected chi connectivity index (χ0v) is 9.26. The van der Waals surface area contributed by atoms with Crippen molar-refractivity contribution in [2.45, 2.75) is 37.1 Å². The van der Waals surface area contributed by atoms with Gasteiger partial charge in [-0.3, -0.25) is 4.79 Å². The molecule has 2 atom stereocenters. The van der Waals surface area contributed by atoms with E-state index in [1.807, 2.05) is 0 Å². The third-order valence-corrected chi connectivity index (χ3v) is 3.45. The Morgan fingerprint density at radius 1 is 1.47 bits per heavy atom. The third-order valence-electron chi connectivity index (χ3n) is 3.45. The van der Waals surface area contributed by atoms with Gasteiger partial charge in [-0.05, 0) is 19.4 Å². The summed E-state index contributed by atoms with van der Waals surface area (Å²) in [5.74, 6) is -0.331. The van der Waals surface area contributed by atoms with E-state index < -0.39 is 24.7 Å². The van der Waals surface area contributed by atoms with Gasteiger partial charge in [0, 0.05) is 13.0 Å². The Morgan fingerprint density at radius 3 is 2.65 bits per heavy atom. The average Bonchev–Trinajstić information content (AvgIpc) is 2.84. The molecule has 7 heteroatoms. The molecular formula is C10H15F3N2O2. The second-order valence-electron chi connectivity index (χ2n) is 4.69. The number of nitrogens with zero attached hydrogens (tertiary/aromatic N) is 1. The molecule has 0 radical (unpaired) electrons. The summed E-state index contributed by atoms with van der Waals surface area (Å²) in [5.41, 5.74) is -2.73. The van der Waals surface area contributed by atoms with Gasteiger partial charge in [-0.25, -0.2) is 0 Å². The molecule has 0 aromatic carbocycles. The van der Waals surface area contributed by atoms with Crippen molar-refractivity contribution in [3.05, 3.63) is 0 Å². The monoisotopic (exact) mass is 252 g/mol. The van der Waals surface area contributed by atoms with E-state index >= 15 is 0 Å². The van der Waals surface area contributed by atoms with Crippen molar-refractivity contribution in [1.82, 2.24) is 10.2 Å². The molecule has 4 nitrogen and oxygen atoms in total. The molecule has 0 bridgehead atoms. The fourth-order valence-electron chi connectivity index (χ4n) is 2.33. The SMILES string of the molecule is O=C([C@@H]1CCCN1)N1CC[C@@](O)(C(F)(F)F)C1. The van der Waals surface area contributed by atoms with E-state index in [-0.39, 0.29) is 18.5 Å². The molecule has 0 spiro atoms. The summed E-state index contributed by atoms with van der Waals surface area (Å²) < 4.78 is 37.7. The van der Waals surface area contributed by atoms with Gasteiger partial charge in [0.25, 0.3) is 0 Å². The molecular weight excluding hydrogens is 237 g/mol. The van der Waals surface area contributed by atoms with Crippen molar-refractivity contribution in [2.75, 3.05) is 19.6 Å². The topological polar surface area (TPSA) is 52.6 Å². The lowest BCUT2D eigenvalue weighted by Crippen LogP contribution is -2.50. The van der Waals surface area contributed by atoms with E-state index in [2.05, 4.69) is 5.32 Å². The van der Waals surface area contributed by atoms with E-state index in [1.165, 1.54) is 0 Å². The Balaban J connectivity index is 2.00. The summed E-state index contributed by atoms with van der Waals surface area (Å²) in [6.45, 7) is 0.0360. The van der Waals surface area contributed by atoms with Crippen molar-refractivity contribution in [3.63, 3.8) is 0 Å². The van der Waals surface area contributed by atoms with E-state index in [9.17, 15) is 23.1 Å². The van der Waals surface area contributed by atoms with E-state index in [1.54, 1.807) is 0 Å². The van der Waals surface area contributed by atoms with Gasteiger partial charge < -0.3 is 15.3 Å². The van der Waals surface area contributed by atoms with Crippen molar-refractivity contribution in [1.29, 1.82) is 0 Å². The summed E-state index contributed by atoms with van der Waals surface area (Å²) in [4.78, 5) is 13.0. The highest BCUT2D eigenvalue weighted by Gasteiger charge is 2.58. The van der Waals surface area contributed by atoms with E-state index in [4.69, 9.17) is 0 Å². The van der Waals surface area contributed by atoms with Crippen LogP contribution in [0.5, 0.6) is 0 Å². The van der Waals surface area contributed by atoms with Crippen LogP contribution in [0.2, 0.25) is 0 Å². The number of hydrogen-bond donors (Lipinski definition) is 2. The van der Waals surface area contributed by atoms with Crippen LogP contribution in [0.3, 0.4) is 0 Å². The van der Waals surface area contributed by atoms with Gasteiger partial charge >= 0.3 is 6.18 Å². The minimum Gasteiger partial charge on any atom is -0.379 e. The highest BCUT2D eigenvalue weighted by atomic mass is 19.4. The highest BCUT2D eigenvalue weighted by Crippen LogP contribution is 2.37. The maximum atomic E-state index is 12.6. The van der Waals surface area contributed by atoms with Crippen LogP contribution in [-0.2, 0) is 4.79 Å². The van der Waals surface area contributed by atoms with Crippen LogP contribution in [0.4, 0.5) is 13.2 Å². The number of hydrogen-bond acceptors (Lipinski definition) is 3. The maximum Gasteiger partial charge on any atom is 0.419 e. The second kappa shape index (κ2) is 4.13. The minimum atomic E-state index is -4.68. The molecule has 2 heterocycles. The quantitative estimate of drug-likeness (QED) is 0.704. The van der Waals surface area contributed by atoms with E-state index in [0.29, 0.717) is 13.0 Å². The van der Waals surface area contributed by atoms with Crippen LogP contribution in [0.25, 0.3) is 0 Å². The Hall–Kier alpha value is -0.820. The first-order chi connectivity index (χ1) is 7.83. The molecule has 0 aliphatic carbocycles. The molecule has 2 rings (SSSR count). The van der Waals surface area contributed by atoms with Crippen molar-refractivity contribution in [3.8, 4) is 0 Å². The summed E-state index contributed by atoms with van der Waals surface area (Å²) in [6.07, 6.45) is -3.60. The molecule has 2 aliphatic rings. The Morgan fingerprint density at radius 2 is 2.18 bits per heavy atom. The van der Waals surface area contributed by atoms with Crippen LogP contribution in [0, 0.1) is 0 Å². The smallest absolute Gasteiger partial charge is 0.379 e. The molecule has 2 N–H and O–H groups in total. The first kappa shape index (κ1) is 12.6. The Labute approximate surface area is 96.8 Å². The summed E-state index contributed by atoms with van der Waals surface area (Å²) in [7, 11) is 0. The normalized spacial score (nSPS) is 34.4. The molecule has 2 saturated heterocycles. The van der Waals surface area contributed by atoms with Crippen LogP contribution in [0.15, 0.2) is 0 Å². The molecule has 0 saturated carbocycles. The number of alkyl halides is 3. The number of carbonyl (C=O) groups excluding carboxylic acids is 1. The number of carbonyl (C=O) groups is 1. The van der Waals surface area contributed by atoms with Crippen molar-refractivity contribution < 1.29 is 23.1 Å². The van der Waals surface area contributed by atoms with Gasteiger partial charge in [0.15, 0.2) is 5.60 Å². The van der Waals surface area contributed by atoms with Crippen LogP contribution >= 0.6 is 0 Å². The van der Waals surface area contributed by atoms with Crippen molar-refractivity contribution in [2.24, 2.45) is 0 Å². The Bertz CT molecular complexity index is 315. The first-order valence-electron chi connectivity index (χ1n) is 5.65. The fraction of sp³-hybridized carbons (Fsp3) is 0.900. The van der Waals surface area contributed by atoms with Crippen molar-refractivity contribution >= 4 is 5.91 Å². The molecule has 0 aromatic rings. The predicted molar refractivity (Wildman–Crippen MR) is 53.2 cm³/mol. The number of likely N-dealkylation sites (tertiary alicyclic amines) is 1. The van der Waals surface area contributed by atoms with Crippen LogP contribution < -0.4 is 5.32 Å². The van der Waals surface area contributed by atoms with Gasteiger partial charge in [0.2, 0.25) is 5.91 Å². The lowest BCUT2D eigenvalue weighted by molar-refractivity contribution is -0.253. The fourth-order valence-corrected chi connectivity index (χ4v) is 2.33. The zero-order valence-electron chi connectivity index (χ0n) is 9.26. The van der Waals surface area contributed by atoms with Gasteiger partial charge in [0.1, 0.15) is 0 Å². The number of amides is 1. The van der Waals surface area contributed by atoms with E-state index in [0.717, 1.165) is 11.3 Å². The Kier molecular flexibility index (Phi) is 3.07. The maximum absolute atomic E-state index is 12.6. The molecule has 2 fully saturated rings. The average molecular weight is 252 g/mol. The molecule has 0 unspecified atom stereocenters. The molecule has 0 aromatic heterocycles. The first-order valence-corrected chi connectivity index (χ1v) is 5.65.